The van der Waals surface area contributed by atoms with Crippen molar-refractivity contribution >= 4 is 17.0 Å². The van der Waals surface area contributed by atoms with Crippen LogP contribution < -0.4 is 0 Å². The highest BCUT2D eigenvalue weighted by atomic mass is 32.1. The summed E-state index contributed by atoms with van der Waals surface area (Å²) in [5.74, 6) is -5.50. The number of thiophene rings is 1. The molecule has 2 aromatic rings. The van der Waals surface area contributed by atoms with Crippen LogP contribution in [0.15, 0.2) is 41.8 Å². The van der Waals surface area contributed by atoms with Crippen LogP contribution in [0.1, 0.15) is 10.4 Å². The molecule has 0 amide bonds. The summed E-state index contributed by atoms with van der Waals surface area (Å²) in [6.07, 6.45) is -6.02. The average molecular weight is 353 g/mol. The highest BCUT2D eigenvalue weighted by Crippen LogP contribution is 2.52. The minimum Gasteiger partial charge on any atom is -0.374 e. The number of halogens is 5. The molecule has 0 aliphatic carbocycles. The maximum atomic E-state index is 14.0. The third-order valence-electron chi connectivity index (χ3n) is 3.18. The number of nitro groups is 1. The Morgan fingerprint density at radius 1 is 1.04 bits per heavy atom. The Bertz CT molecular complexity index is 699. The molecule has 2 rings (SSSR count). The second-order valence-electron chi connectivity index (χ2n) is 4.56. The molecule has 1 heterocycles. The fraction of sp³-hybridized carbons (Fsp3) is 0.231. The number of alkyl halides is 5. The van der Waals surface area contributed by atoms with Gasteiger partial charge in [-0.1, -0.05) is 6.07 Å². The molecule has 23 heavy (non-hydrogen) atoms. The molecule has 10 heteroatoms. The molecule has 0 spiro atoms. The summed E-state index contributed by atoms with van der Waals surface area (Å²) in [5, 5.41) is 22.1. The van der Waals surface area contributed by atoms with E-state index in [1.807, 2.05) is 0 Å². The third-order valence-corrected chi connectivity index (χ3v) is 4.16. The van der Waals surface area contributed by atoms with Gasteiger partial charge in [-0.05, 0) is 29.1 Å². The number of rotatable bonds is 4. The summed E-state index contributed by atoms with van der Waals surface area (Å²) in [6.45, 7) is 0. The van der Waals surface area contributed by atoms with E-state index < -0.39 is 38.8 Å². The minimum absolute atomic E-state index is 0.502. The third kappa shape index (κ3) is 2.68. The summed E-state index contributed by atoms with van der Waals surface area (Å²) in [4.78, 5) is 9.10. The van der Waals surface area contributed by atoms with E-state index in [-0.39, 0.29) is 0 Å². The topological polar surface area (TPSA) is 63.4 Å². The summed E-state index contributed by atoms with van der Waals surface area (Å²) in [6, 6.07) is 5.00. The number of nitrogens with zero attached hydrogens (tertiary/aromatic N) is 1. The molecule has 4 nitrogen and oxygen atoms in total. The largest absolute Gasteiger partial charge is 0.457 e. The van der Waals surface area contributed by atoms with E-state index >= 15 is 0 Å². The molecule has 1 aromatic carbocycles. The maximum Gasteiger partial charge on any atom is 0.457 e. The van der Waals surface area contributed by atoms with Gasteiger partial charge in [0.2, 0.25) is 0 Å². The van der Waals surface area contributed by atoms with Crippen molar-refractivity contribution in [2.45, 2.75) is 17.7 Å². The number of nitro benzene ring substituents is 1. The molecule has 1 unspecified atom stereocenters. The van der Waals surface area contributed by atoms with Crippen LogP contribution in [-0.4, -0.2) is 22.1 Å². The van der Waals surface area contributed by atoms with Gasteiger partial charge >= 0.3 is 12.1 Å². The molecule has 0 aliphatic rings. The molecule has 0 radical (unpaired) electrons. The van der Waals surface area contributed by atoms with Crippen molar-refractivity contribution in [3.63, 3.8) is 0 Å². The predicted octanol–water partition coefficient (Wildman–Crippen LogP) is 4.09. The Hall–Kier alpha value is -2.07. The van der Waals surface area contributed by atoms with Gasteiger partial charge in [0.05, 0.1) is 4.92 Å². The quantitative estimate of drug-likeness (QED) is 0.512. The van der Waals surface area contributed by atoms with E-state index in [2.05, 4.69) is 0 Å². The van der Waals surface area contributed by atoms with Crippen LogP contribution in [0.3, 0.4) is 0 Å². The van der Waals surface area contributed by atoms with Crippen LogP contribution in [0.5, 0.6) is 0 Å². The Morgan fingerprint density at radius 3 is 2.00 bits per heavy atom. The average Bonchev–Trinajstić information content (AvgIpc) is 2.99. The zero-order chi connectivity index (χ0) is 17.5. The van der Waals surface area contributed by atoms with Crippen LogP contribution in [0.25, 0.3) is 0 Å². The highest BCUT2D eigenvalue weighted by Gasteiger charge is 2.71. The molecule has 1 atom stereocenters. The number of hydrogen-bond donors (Lipinski definition) is 1. The molecular formula is C13H8F5NO3S. The molecule has 0 aliphatic heterocycles. The molecule has 1 N–H and O–H groups in total. The van der Waals surface area contributed by atoms with Crippen molar-refractivity contribution in [1.82, 2.24) is 0 Å². The first-order valence-corrected chi connectivity index (χ1v) is 6.85. The van der Waals surface area contributed by atoms with E-state index in [9.17, 15) is 37.2 Å². The van der Waals surface area contributed by atoms with Crippen molar-refractivity contribution in [3.8, 4) is 0 Å². The summed E-state index contributed by atoms with van der Waals surface area (Å²) in [5.41, 5.74) is -4.99. The summed E-state index contributed by atoms with van der Waals surface area (Å²) in [7, 11) is 0. The smallest absolute Gasteiger partial charge is 0.374 e. The lowest BCUT2D eigenvalue weighted by Crippen LogP contribution is -2.55. The highest BCUT2D eigenvalue weighted by molar-refractivity contribution is 7.10. The molecule has 1 aromatic heterocycles. The van der Waals surface area contributed by atoms with Gasteiger partial charge in [0.15, 0.2) is 5.60 Å². The number of benzene rings is 1. The number of hydrogen-bond acceptors (Lipinski definition) is 4. The second kappa shape index (κ2) is 5.53. The first kappa shape index (κ1) is 17.3. The Balaban J connectivity index is 2.67. The van der Waals surface area contributed by atoms with Crippen molar-refractivity contribution in [2.24, 2.45) is 0 Å². The van der Waals surface area contributed by atoms with Crippen LogP contribution >= 0.6 is 11.3 Å². The van der Waals surface area contributed by atoms with Crippen LogP contribution in [0, 0.1) is 10.1 Å². The van der Waals surface area contributed by atoms with Crippen LogP contribution in [0.2, 0.25) is 0 Å². The van der Waals surface area contributed by atoms with Gasteiger partial charge in [-0.2, -0.15) is 22.0 Å². The fourth-order valence-corrected chi connectivity index (χ4v) is 2.87. The molecule has 0 fully saturated rings. The van der Waals surface area contributed by atoms with Gasteiger partial charge in [0.1, 0.15) is 0 Å². The van der Waals surface area contributed by atoms with Crippen molar-refractivity contribution in [3.05, 3.63) is 62.3 Å². The van der Waals surface area contributed by atoms with E-state index in [0.717, 1.165) is 18.2 Å². The fourth-order valence-electron chi connectivity index (χ4n) is 1.99. The van der Waals surface area contributed by atoms with Crippen molar-refractivity contribution < 1.29 is 32.0 Å². The second-order valence-corrected chi connectivity index (χ2v) is 5.51. The minimum atomic E-state index is -6.02. The Morgan fingerprint density at radius 2 is 1.61 bits per heavy atom. The molecule has 124 valence electrons. The first-order chi connectivity index (χ1) is 10.5. The molecule has 0 saturated heterocycles. The predicted molar refractivity (Wildman–Crippen MR) is 71.4 cm³/mol. The van der Waals surface area contributed by atoms with Gasteiger partial charge in [0.25, 0.3) is 5.69 Å². The zero-order valence-electron chi connectivity index (χ0n) is 11.1. The molecular weight excluding hydrogens is 345 g/mol. The lowest BCUT2D eigenvalue weighted by atomic mass is 9.85. The van der Waals surface area contributed by atoms with Gasteiger partial charge in [-0.25, -0.2) is 0 Å². The lowest BCUT2D eigenvalue weighted by Gasteiger charge is -2.36. The Kier molecular flexibility index (Phi) is 4.16. The SMILES string of the molecule is O=[N+]([O-])c1ccc(C(O)(c2cccs2)C(F)(F)C(F)(F)F)cc1. The van der Waals surface area contributed by atoms with Gasteiger partial charge in [-0.15, -0.1) is 11.3 Å². The van der Waals surface area contributed by atoms with E-state index in [1.165, 1.54) is 11.4 Å². The van der Waals surface area contributed by atoms with Gasteiger partial charge in [0, 0.05) is 17.0 Å². The Labute approximate surface area is 129 Å². The molecule has 0 saturated carbocycles. The summed E-state index contributed by atoms with van der Waals surface area (Å²) >= 11 is 0.514. The van der Waals surface area contributed by atoms with Crippen LogP contribution in [-0.2, 0) is 5.60 Å². The zero-order valence-corrected chi connectivity index (χ0v) is 11.9. The lowest BCUT2D eigenvalue weighted by molar-refractivity contribution is -0.384. The normalized spacial score (nSPS) is 15.2. The summed E-state index contributed by atoms with van der Waals surface area (Å²) < 4.78 is 66.4. The van der Waals surface area contributed by atoms with E-state index in [1.54, 1.807) is 0 Å². The van der Waals surface area contributed by atoms with E-state index in [4.69, 9.17) is 0 Å². The van der Waals surface area contributed by atoms with Gasteiger partial charge < -0.3 is 5.11 Å². The standard InChI is InChI=1S/C13H8F5NO3S/c14-12(15,13(16,17)18)11(20,10-2-1-7-23-10)8-3-5-9(6-4-8)19(21)22/h1-7,20H. The van der Waals surface area contributed by atoms with Gasteiger partial charge in [-0.3, -0.25) is 10.1 Å². The first-order valence-electron chi connectivity index (χ1n) is 5.97. The van der Waals surface area contributed by atoms with Crippen LogP contribution in [0.4, 0.5) is 27.6 Å². The number of non-ortho nitro benzene ring substituents is 1. The molecule has 0 bridgehead atoms. The monoisotopic (exact) mass is 353 g/mol. The maximum absolute atomic E-state index is 14.0. The van der Waals surface area contributed by atoms with E-state index in [0.29, 0.717) is 23.5 Å². The number of aliphatic hydroxyl groups is 1. The van der Waals surface area contributed by atoms with Crippen molar-refractivity contribution in [2.75, 3.05) is 0 Å². The van der Waals surface area contributed by atoms with Crippen molar-refractivity contribution in [1.29, 1.82) is 0 Å².